The molecule has 1 aliphatic rings. The fourth-order valence-electron chi connectivity index (χ4n) is 3.02. The summed E-state index contributed by atoms with van der Waals surface area (Å²) in [6, 6.07) is 1.71. The van der Waals surface area contributed by atoms with Gasteiger partial charge in [-0.15, -0.1) is 0 Å². The van der Waals surface area contributed by atoms with E-state index in [9.17, 15) is 4.79 Å². The molecule has 1 aliphatic heterocycles. The molecule has 19 heavy (non-hydrogen) atoms. The molecule has 0 atom stereocenters. The monoisotopic (exact) mass is 264 g/mol. The molecule has 0 aliphatic carbocycles. The van der Waals surface area contributed by atoms with Gasteiger partial charge in [0.1, 0.15) is 11.6 Å². The molecule has 0 radical (unpaired) electrons. The highest BCUT2D eigenvalue weighted by molar-refractivity contribution is 5.91. The standard InChI is InChI=1S/C15H24N2O2/c1-11(9-16)13(18)19-10-12-7-14(2,3)17(6)15(4,5)8-12/h12H,1,7-8,10H2,2-6H3. The number of nitriles is 1. The lowest BCUT2D eigenvalue weighted by Gasteiger charge is -2.53. The van der Waals surface area contributed by atoms with E-state index >= 15 is 0 Å². The molecular weight excluding hydrogens is 240 g/mol. The third-order valence-corrected chi connectivity index (χ3v) is 4.22. The van der Waals surface area contributed by atoms with E-state index in [1.807, 2.05) is 0 Å². The van der Waals surface area contributed by atoms with Gasteiger partial charge in [0.15, 0.2) is 0 Å². The van der Waals surface area contributed by atoms with Crippen molar-refractivity contribution in [1.29, 1.82) is 5.26 Å². The Balaban J connectivity index is 2.64. The molecule has 0 saturated carbocycles. The van der Waals surface area contributed by atoms with Gasteiger partial charge in [-0.1, -0.05) is 6.58 Å². The summed E-state index contributed by atoms with van der Waals surface area (Å²) in [5, 5.41) is 8.59. The van der Waals surface area contributed by atoms with Gasteiger partial charge in [-0.2, -0.15) is 5.26 Å². The maximum absolute atomic E-state index is 11.4. The average molecular weight is 264 g/mol. The van der Waals surface area contributed by atoms with E-state index in [4.69, 9.17) is 10.00 Å². The van der Waals surface area contributed by atoms with Gasteiger partial charge in [-0.25, -0.2) is 4.79 Å². The predicted molar refractivity (Wildman–Crippen MR) is 74.4 cm³/mol. The van der Waals surface area contributed by atoms with Crippen LogP contribution in [0.2, 0.25) is 0 Å². The Morgan fingerprint density at radius 2 is 1.84 bits per heavy atom. The average Bonchev–Trinajstić information content (AvgIpc) is 2.31. The van der Waals surface area contributed by atoms with Crippen LogP contribution in [-0.2, 0) is 9.53 Å². The van der Waals surface area contributed by atoms with Crippen molar-refractivity contribution in [1.82, 2.24) is 4.90 Å². The molecule has 4 nitrogen and oxygen atoms in total. The van der Waals surface area contributed by atoms with Crippen LogP contribution >= 0.6 is 0 Å². The number of ether oxygens (including phenoxy) is 1. The number of hydrogen-bond acceptors (Lipinski definition) is 4. The number of carbonyl (C=O) groups excluding carboxylic acids is 1. The fraction of sp³-hybridized carbons (Fsp3) is 0.733. The van der Waals surface area contributed by atoms with Gasteiger partial charge in [-0.05, 0) is 53.5 Å². The van der Waals surface area contributed by atoms with Gasteiger partial charge >= 0.3 is 5.97 Å². The summed E-state index contributed by atoms with van der Waals surface area (Å²) in [5.41, 5.74) is 0.0160. The lowest BCUT2D eigenvalue weighted by atomic mass is 9.74. The van der Waals surface area contributed by atoms with Crippen LogP contribution in [-0.4, -0.2) is 35.6 Å². The summed E-state index contributed by atoms with van der Waals surface area (Å²) in [4.78, 5) is 13.8. The molecule has 4 heteroatoms. The maximum Gasteiger partial charge on any atom is 0.348 e. The van der Waals surface area contributed by atoms with Crippen molar-refractivity contribution in [3.8, 4) is 6.07 Å². The Morgan fingerprint density at radius 3 is 2.26 bits per heavy atom. The number of piperidine rings is 1. The first-order valence-corrected chi connectivity index (χ1v) is 6.60. The molecule has 1 heterocycles. The molecule has 0 aromatic carbocycles. The Kier molecular flexibility index (Phi) is 4.42. The second-order valence-corrected chi connectivity index (χ2v) is 6.65. The van der Waals surface area contributed by atoms with E-state index in [0.29, 0.717) is 12.5 Å². The molecule has 0 spiro atoms. The second-order valence-electron chi connectivity index (χ2n) is 6.65. The smallest absolute Gasteiger partial charge is 0.348 e. The number of esters is 1. The largest absolute Gasteiger partial charge is 0.461 e. The van der Waals surface area contributed by atoms with Gasteiger partial charge in [-0.3, -0.25) is 4.90 Å². The summed E-state index contributed by atoms with van der Waals surface area (Å²) < 4.78 is 5.18. The summed E-state index contributed by atoms with van der Waals surface area (Å²) in [6.45, 7) is 12.5. The molecular formula is C15H24N2O2. The van der Waals surface area contributed by atoms with E-state index in [1.165, 1.54) is 0 Å². The van der Waals surface area contributed by atoms with Crippen LogP contribution in [0.4, 0.5) is 0 Å². The zero-order valence-electron chi connectivity index (χ0n) is 12.6. The van der Waals surface area contributed by atoms with Crippen molar-refractivity contribution >= 4 is 5.97 Å². The first kappa shape index (κ1) is 15.7. The van der Waals surface area contributed by atoms with Gasteiger partial charge in [0.25, 0.3) is 0 Å². The molecule has 0 bridgehead atoms. The fourth-order valence-corrected chi connectivity index (χ4v) is 3.02. The van der Waals surface area contributed by atoms with Crippen molar-refractivity contribution in [2.45, 2.75) is 51.6 Å². The minimum Gasteiger partial charge on any atom is -0.461 e. The van der Waals surface area contributed by atoms with Crippen LogP contribution in [0.25, 0.3) is 0 Å². The van der Waals surface area contributed by atoms with E-state index in [1.54, 1.807) is 6.07 Å². The topological polar surface area (TPSA) is 53.3 Å². The molecule has 0 aromatic rings. The van der Waals surface area contributed by atoms with Crippen molar-refractivity contribution in [2.75, 3.05) is 13.7 Å². The predicted octanol–water partition coefficient (Wildman–Crippen LogP) is 2.51. The Hall–Kier alpha value is -1.34. The number of likely N-dealkylation sites (tertiary alicyclic amines) is 1. The SMILES string of the molecule is C=C(C#N)C(=O)OCC1CC(C)(C)N(C)C(C)(C)C1. The summed E-state index contributed by atoms with van der Waals surface area (Å²) in [6.07, 6.45) is 1.94. The van der Waals surface area contributed by atoms with Crippen LogP contribution in [0, 0.1) is 17.2 Å². The number of carbonyl (C=O) groups is 1. The minimum absolute atomic E-state index is 0.0745. The van der Waals surface area contributed by atoms with Crippen LogP contribution in [0.5, 0.6) is 0 Å². The van der Waals surface area contributed by atoms with E-state index in [2.05, 4.69) is 46.2 Å². The molecule has 0 amide bonds. The Labute approximate surface area is 116 Å². The third-order valence-electron chi connectivity index (χ3n) is 4.22. The summed E-state index contributed by atoms with van der Waals surface area (Å²) in [5.74, 6) is -0.284. The van der Waals surface area contributed by atoms with Gasteiger partial charge < -0.3 is 4.74 Å². The molecule has 106 valence electrons. The molecule has 1 saturated heterocycles. The van der Waals surface area contributed by atoms with Gasteiger partial charge in [0.05, 0.1) is 6.61 Å². The van der Waals surface area contributed by atoms with Crippen molar-refractivity contribution in [3.05, 3.63) is 12.2 Å². The normalized spacial score (nSPS) is 22.5. The van der Waals surface area contributed by atoms with Crippen LogP contribution in [0.15, 0.2) is 12.2 Å². The van der Waals surface area contributed by atoms with Crippen LogP contribution < -0.4 is 0 Å². The minimum atomic E-state index is -0.600. The molecule has 0 N–H and O–H groups in total. The number of rotatable bonds is 3. The van der Waals surface area contributed by atoms with Crippen LogP contribution in [0.1, 0.15) is 40.5 Å². The van der Waals surface area contributed by atoms with Crippen molar-refractivity contribution in [2.24, 2.45) is 5.92 Å². The zero-order chi connectivity index (χ0) is 14.8. The first-order chi connectivity index (χ1) is 8.60. The van der Waals surface area contributed by atoms with Crippen molar-refractivity contribution in [3.63, 3.8) is 0 Å². The van der Waals surface area contributed by atoms with Crippen LogP contribution in [0.3, 0.4) is 0 Å². The Morgan fingerprint density at radius 1 is 1.37 bits per heavy atom. The van der Waals surface area contributed by atoms with E-state index in [-0.39, 0.29) is 16.7 Å². The molecule has 1 fully saturated rings. The maximum atomic E-state index is 11.4. The molecule has 1 rings (SSSR count). The van der Waals surface area contributed by atoms with Gasteiger partial charge in [0.2, 0.25) is 0 Å². The highest BCUT2D eigenvalue weighted by Gasteiger charge is 2.43. The molecule has 0 unspecified atom stereocenters. The van der Waals surface area contributed by atoms with Gasteiger partial charge in [0, 0.05) is 11.1 Å². The molecule has 0 aromatic heterocycles. The quantitative estimate of drug-likeness (QED) is 0.446. The lowest BCUT2D eigenvalue weighted by molar-refractivity contribution is -0.142. The highest BCUT2D eigenvalue weighted by atomic mass is 16.5. The zero-order valence-corrected chi connectivity index (χ0v) is 12.6. The lowest BCUT2D eigenvalue weighted by Crippen LogP contribution is -2.59. The first-order valence-electron chi connectivity index (χ1n) is 6.60. The third kappa shape index (κ3) is 3.57. The number of nitrogens with zero attached hydrogens (tertiary/aromatic N) is 2. The second kappa shape index (κ2) is 5.34. The number of hydrogen-bond donors (Lipinski definition) is 0. The summed E-state index contributed by atoms with van der Waals surface area (Å²) >= 11 is 0. The van der Waals surface area contributed by atoms with E-state index < -0.39 is 5.97 Å². The summed E-state index contributed by atoms with van der Waals surface area (Å²) in [7, 11) is 2.14. The highest BCUT2D eigenvalue weighted by Crippen LogP contribution is 2.40. The van der Waals surface area contributed by atoms with E-state index in [0.717, 1.165) is 12.8 Å². The Bertz CT molecular complexity index is 400. The van der Waals surface area contributed by atoms with Crippen molar-refractivity contribution < 1.29 is 9.53 Å².